The van der Waals surface area contributed by atoms with Crippen LogP contribution in [0.15, 0.2) is 57.8 Å². The third-order valence-corrected chi connectivity index (χ3v) is 6.28. The van der Waals surface area contributed by atoms with Crippen LogP contribution < -0.4 is 0 Å². The first-order chi connectivity index (χ1) is 13.0. The molecule has 0 spiro atoms. The Morgan fingerprint density at radius 3 is 2.70 bits per heavy atom. The van der Waals surface area contributed by atoms with Crippen LogP contribution in [-0.2, 0) is 26.2 Å². The molecule has 2 aliphatic rings. The molecule has 0 amide bonds. The molecule has 1 atom stereocenters. The van der Waals surface area contributed by atoms with Crippen molar-refractivity contribution in [3.63, 3.8) is 0 Å². The number of sulfonamides is 1. The minimum Gasteiger partial charge on any atom is -0.459 e. The standard InChI is InChI=1S/C19H17ClN2O4S/c20-14-9-7-13(8-10-14)12-26-19(23)16-5-3-11-22(16)18-15-4-1-2-6-17(15)27(24,25)21-18/h1-2,4,6-10,16H,3,5,11-12H2/t16-/m0/s1. The Labute approximate surface area is 162 Å². The number of benzene rings is 2. The first-order valence-corrected chi connectivity index (χ1v) is 10.4. The van der Waals surface area contributed by atoms with E-state index in [4.69, 9.17) is 16.3 Å². The summed E-state index contributed by atoms with van der Waals surface area (Å²) in [5.74, 6) is -0.0523. The average Bonchev–Trinajstić information content (AvgIpc) is 3.24. The molecule has 27 heavy (non-hydrogen) atoms. The number of esters is 1. The maximum absolute atomic E-state index is 12.6. The number of amidine groups is 1. The van der Waals surface area contributed by atoms with Crippen LogP contribution in [0.5, 0.6) is 0 Å². The van der Waals surface area contributed by atoms with E-state index < -0.39 is 16.1 Å². The van der Waals surface area contributed by atoms with Gasteiger partial charge in [0.05, 0.1) is 0 Å². The molecule has 1 saturated heterocycles. The second kappa shape index (κ2) is 6.98. The van der Waals surface area contributed by atoms with Gasteiger partial charge in [-0.05, 0) is 42.7 Å². The molecule has 0 radical (unpaired) electrons. The SMILES string of the molecule is O=C(OCc1ccc(Cl)cc1)[C@@H]1CCCN1C1=NS(=O)(=O)c2ccccc21. The molecule has 0 aromatic heterocycles. The molecule has 2 heterocycles. The first-order valence-electron chi connectivity index (χ1n) is 8.58. The molecule has 2 aromatic rings. The van der Waals surface area contributed by atoms with Crippen LogP contribution in [0.1, 0.15) is 24.0 Å². The molecular weight excluding hydrogens is 388 g/mol. The molecule has 1 fully saturated rings. The lowest BCUT2D eigenvalue weighted by Crippen LogP contribution is -2.41. The van der Waals surface area contributed by atoms with Gasteiger partial charge in [0.15, 0.2) is 5.84 Å². The predicted molar refractivity (Wildman–Crippen MR) is 101 cm³/mol. The number of carbonyl (C=O) groups excluding carboxylic acids is 1. The molecule has 4 rings (SSSR count). The smallest absolute Gasteiger partial charge is 0.329 e. The van der Waals surface area contributed by atoms with Crippen LogP contribution in [0.2, 0.25) is 5.02 Å². The van der Waals surface area contributed by atoms with Gasteiger partial charge in [-0.3, -0.25) is 0 Å². The Kier molecular flexibility index (Phi) is 4.65. The Hall–Kier alpha value is -2.38. The molecule has 0 saturated carbocycles. The zero-order valence-corrected chi connectivity index (χ0v) is 15.9. The van der Waals surface area contributed by atoms with Gasteiger partial charge in [-0.1, -0.05) is 35.9 Å². The molecule has 8 heteroatoms. The highest BCUT2D eigenvalue weighted by Crippen LogP contribution is 2.31. The first kappa shape index (κ1) is 18.0. The molecule has 140 valence electrons. The predicted octanol–water partition coefficient (Wildman–Crippen LogP) is 3.00. The van der Waals surface area contributed by atoms with E-state index >= 15 is 0 Å². The van der Waals surface area contributed by atoms with Crippen molar-refractivity contribution in [1.82, 2.24) is 4.90 Å². The fraction of sp³-hybridized carbons (Fsp3) is 0.263. The number of nitrogens with zero attached hydrogens (tertiary/aromatic N) is 2. The van der Waals surface area contributed by atoms with Crippen LogP contribution in [-0.4, -0.2) is 37.7 Å². The zero-order valence-electron chi connectivity index (χ0n) is 14.3. The lowest BCUT2D eigenvalue weighted by Gasteiger charge is -2.25. The van der Waals surface area contributed by atoms with E-state index in [0.29, 0.717) is 29.4 Å². The summed E-state index contributed by atoms with van der Waals surface area (Å²) >= 11 is 5.86. The lowest BCUT2D eigenvalue weighted by atomic mass is 10.1. The van der Waals surface area contributed by atoms with Crippen LogP contribution in [0.3, 0.4) is 0 Å². The van der Waals surface area contributed by atoms with Gasteiger partial charge < -0.3 is 9.64 Å². The van der Waals surface area contributed by atoms with E-state index in [0.717, 1.165) is 12.0 Å². The van der Waals surface area contributed by atoms with Crippen LogP contribution >= 0.6 is 11.6 Å². The maximum atomic E-state index is 12.6. The summed E-state index contributed by atoms with van der Waals surface area (Å²) in [6, 6.07) is 13.2. The number of carbonyl (C=O) groups is 1. The van der Waals surface area contributed by atoms with Gasteiger partial charge >= 0.3 is 5.97 Å². The molecular formula is C19H17ClN2O4S. The quantitative estimate of drug-likeness (QED) is 0.735. The summed E-state index contributed by atoms with van der Waals surface area (Å²) in [7, 11) is -3.72. The molecule has 2 aliphatic heterocycles. The van der Waals surface area contributed by atoms with Crippen molar-refractivity contribution in [2.75, 3.05) is 6.54 Å². The summed E-state index contributed by atoms with van der Waals surface area (Å²) in [6.45, 7) is 0.700. The molecule has 6 nitrogen and oxygen atoms in total. The van der Waals surface area contributed by atoms with E-state index in [1.807, 2.05) is 0 Å². The van der Waals surface area contributed by atoms with Gasteiger partial charge in [-0.25, -0.2) is 4.79 Å². The summed E-state index contributed by atoms with van der Waals surface area (Å²) in [6.07, 6.45) is 1.36. The second-order valence-corrected chi connectivity index (χ2v) is 8.48. The van der Waals surface area contributed by atoms with Crippen molar-refractivity contribution >= 4 is 33.4 Å². The Bertz CT molecular complexity index is 1020. The van der Waals surface area contributed by atoms with Gasteiger partial charge in [-0.2, -0.15) is 8.42 Å². The van der Waals surface area contributed by atoms with Gasteiger partial charge in [0.25, 0.3) is 10.0 Å². The van der Waals surface area contributed by atoms with Crippen molar-refractivity contribution in [2.24, 2.45) is 4.40 Å². The van der Waals surface area contributed by atoms with Gasteiger partial charge in [0, 0.05) is 17.1 Å². The highest BCUT2D eigenvalue weighted by Gasteiger charge is 2.39. The fourth-order valence-corrected chi connectivity index (χ4v) is 4.74. The van der Waals surface area contributed by atoms with Crippen molar-refractivity contribution in [3.8, 4) is 0 Å². The summed E-state index contributed by atoms with van der Waals surface area (Å²) in [4.78, 5) is 14.6. The number of likely N-dealkylation sites (tertiary alicyclic amines) is 1. The minimum atomic E-state index is -3.72. The third kappa shape index (κ3) is 3.44. The van der Waals surface area contributed by atoms with Crippen molar-refractivity contribution in [2.45, 2.75) is 30.4 Å². The Balaban J connectivity index is 1.53. The number of halogens is 1. The van der Waals surface area contributed by atoms with Crippen LogP contribution in [0.4, 0.5) is 0 Å². The fourth-order valence-electron chi connectivity index (χ4n) is 3.39. The lowest BCUT2D eigenvalue weighted by molar-refractivity contribution is -0.149. The normalized spacial score (nSPS) is 20.3. The minimum absolute atomic E-state index is 0.141. The zero-order chi connectivity index (χ0) is 19.0. The summed E-state index contributed by atoms with van der Waals surface area (Å²) in [5.41, 5.74) is 1.37. The van der Waals surface area contributed by atoms with E-state index in [1.165, 1.54) is 6.07 Å². The number of rotatable bonds is 3. The summed E-state index contributed by atoms with van der Waals surface area (Å²) in [5, 5.41) is 0.617. The summed E-state index contributed by atoms with van der Waals surface area (Å²) < 4.78 is 34.0. The van der Waals surface area contributed by atoms with Crippen molar-refractivity contribution < 1.29 is 17.9 Å². The van der Waals surface area contributed by atoms with Crippen LogP contribution in [0, 0.1) is 0 Å². The molecule has 0 aliphatic carbocycles. The largest absolute Gasteiger partial charge is 0.459 e. The topological polar surface area (TPSA) is 76.0 Å². The number of hydrogen-bond donors (Lipinski definition) is 0. The van der Waals surface area contributed by atoms with Crippen LogP contribution in [0.25, 0.3) is 0 Å². The maximum Gasteiger partial charge on any atom is 0.329 e. The Morgan fingerprint density at radius 2 is 1.93 bits per heavy atom. The van der Waals surface area contributed by atoms with Crippen molar-refractivity contribution in [1.29, 1.82) is 0 Å². The van der Waals surface area contributed by atoms with Crippen molar-refractivity contribution in [3.05, 3.63) is 64.7 Å². The Morgan fingerprint density at radius 1 is 1.19 bits per heavy atom. The van der Waals surface area contributed by atoms with E-state index in [2.05, 4.69) is 4.40 Å². The third-order valence-electron chi connectivity index (χ3n) is 4.70. The second-order valence-electron chi connectivity index (χ2n) is 6.47. The molecule has 0 N–H and O–H groups in total. The van der Waals surface area contributed by atoms with Gasteiger partial charge in [-0.15, -0.1) is 4.40 Å². The number of hydrogen-bond acceptors (Lipinski definition) is 5. The van der Waals surface area contributed by atoms with E-state index in [-0.39, 0.29) is 17.5 Å². The number of ether oxygens (including phenoxy) is 1. The average molecular weight is 405 g/mol. The van der Waals surface area contributed by atoms with Gasteiger partial charge in [0.2, 0.25) is 0 Å². The van der Waals surface area contributed by atoms with Gasteiger partial charge in [0.1, 0.15) is 17.5 Å². The number of fused-ring (bicyclic) bond motifs is 1. The molecule has 0 bridgehead atoms. The van der Waals surface area contributed by atoms with E-state index in [9.17, 15) is 13.2 Å². The molecule has 2 aromatic carbocycles. The monoisotopic (exact) mass is 404 g/mol. The highest BCUT2D eigenvalue weighted by molar-refractivity contribution is 7.90. The molecule has 0 unspecified atom stereocenters. The highest BCUT2D eigenvalue weighted by atomic mass is 35.5. The van der Waals surface area contributed by atoms with E-state index in [1.54, 1.807) is 47.4 Å².